The fourth-order valence-electron chi connectivity index (χ4n) is 3.38. The Morgan fingerprint density at radius 2 is 2.05 bits per heavy atom. The highest BCUT2D eigenvalue weighted by Crippen LogP contribution is 2.65. The molecule has 0 radical (unpaired) electrons. The van der Waals surface area contributed by atoms with Gasteiger partial charge in [0.2, 0.25) is 0 Å². The minimum absolute atomic E-state index is 0.103. The average molecular weight is 269 g/mol. The number of amides is 1. The molecule has 5 nitrogen and oxygen atoms in total. The third-order valence-electron chi connectivity index (χ3n) is 5.24. The van der Waals surface area contributed by atoms with E-state index >= 15 is 0 Å². The summed E-state index contributed by atoms with van der Waals surface area (Å²) in [5.41, 5.74) is -2.08. The van der Waals surface area contributed by atoms with E-state index in [9.17, 15) is 9.59 Å². The van der Waals surface area contributed by atoms with Crippen LogP contribution in [-0.4, -0.2) is 37.2 Å². The molecule has 2 aliphatic rings. The first-order chi connectivity index (χ1) is 8.71. The predicted octanol–water partition coefficient (Wildman–Crippen LogP) is 1.26. The first kappa shape index (κ1) is 14.3. The van der Waals surface area contributed by atoms with Crippen molar-refractivity contribution in [2.24, 2.45) is 10.8 Å². The van der Waals surface area contributed by atoms with Gasteiger partial charge in [-0.25, -0.2) is 0 Å². The van der Waals surface area contributed by atoms with Crippen LogP contribution >= 0.6 is 0 Å². The Hall–Kier alpha value is -1.10. The quantitative estimate of drug-likeness (QED) is 0.780. The molecule has 1 saturated carbocycles. The molecule has 0 unspecified atom stereocenters. The van der Waals surface area contributed by atoms with Crippen molar-refractivity contribution < 1.29 is 19.1 Å². The van der Waals surface area contributed by atoms with Gasteiger partial charge in [0, 0.05) is 18.6 Å². The van der Waals surface area contributed by atoms with Gasteiger partial charge in [-0.1, -0.05) is 13.8 Å². The summed E-state index contributed by atoms with van der Waals surface area (Å²) in [5, 5.41) is 2.89. The Morgan fingerprint density at radius 1 is 1.42 bits per heavy atom. The number of esters is 1. The maximum absolute atomic E-state index is 12.6. The van der Waals surface area contributed by atoms with Crippen molar-refractivity contribution in [1.29, 1.82) is 0 Å². The van der Waals surface area contributed by atoms with E-state index in [-0.39, 0.29) is 17.9 Å². The van der Waals surface area contributed by atoms with Crippen LogP contribution in [0.4, 0.5) is 0 Å². The van der Waals surface area contributed by atoms with Crippen LogP contribution in [0.3, 0.4) is 0 Å². The summed E-state index contributed by atoms with van der Waals surface area (Å²) >= 11 is 0. The molecule has 0 aromatic heterocycles. The molecular weight excluding hydrogens is 246 g/mol. The van der Waals surface area contributed by atoms with Gasteiger partial charge in [-0.15, -0.1) is 0 Å². The van der Waals surface area contributed by atoms with Gasteiger partial charge in [0.05, 0.1) is 12.0 Å². The molecule has 1 heterocycles. The molecular formula is C14H23NO4. The van der Waals surface area contributed by atoms with E-state index in [1.807, 2.05) is 27.7 Å². The van der Waals surface area contributed by atoms with E-state index in [1.165, 1.54) is 0 Å². The predicted molar refractivity (Wildman–Crippen MR) is 69.4 cm³/mol. The molecule has 2 rings (SSSR count). The molecule has 1 amide bonds. The van der Waals surface area contributed by atoms with Crippen molar-refractivity contribution >= 4 is 11.9 Å². The monoisotopic (exact) mass is 269 g/mol. The molecule has 3 atom stereocenters. The van der Waals surface area contributed by atoms with Gasteiger partial charge in [-0.3, -0.25) is 9.59 Å². The molecule has 1 N–H and O–H groups in total. The van der Waals surface area contributed by atoms with E-state index in [2.05, 4.69) is 5.32 Å². The lowest BCUT2D eigenvalue weighted by Gasteiger charge is -2.36. The topological polar surface area (TPSA) is 64.6 Å². The standard InChI is InChI=1S/C14H23NO4/c1-9(8-18-5)15-10(16)14-7-6-13(4,11(17)19-14)12(14,2)3/h9H,6-8H2,1-5H3,(H,15,16)/t9-,13-,14-/m1/s1. The molecule has 0 aromatic carbocycles. The smallest absolute Gasteiger partial charge is 0.313 e. The zero-order chi connectivity index (χ0) is 14.5. The molecule has 1 aliphatic carbocycles. The third kappa shape index (κ3) is 1.64. The number of hydrogen-bond acceptors (Lipinski definition) is 4. The average Bonchev–Trinajstić information content (AvgIpc) is 2.59. The summed E-state index contributed by atoms with van der Waals surface area (Å²) < 4.78 is 10.5. The lowest BCUT2D eigenvalue weighted by atomic mass is 9.66. The van der Waals surface area contributed by atoms with Crippen LogP contribution in [0.15, 0.2) is 0 Å². The summed E-state index contributed by atoms with van der Waals surface area (Å²) in [6.45, 7) is 8.11. The van der Waals surface area contributed by atoms with E-state index in [4.69, 9.17) is 9.47 Å². The minimum atomic E-state index is -1.03. The molecule has 0 spiro atoms. The second-order valence-corrected chi connectivity index (χ2v) is 6.50. The molecule has 19 heavy (non-hydrogen) atoms. The van der Waals surface area contributed by atoms with Crippen molar-refractivity contribution in [2.75, 3.05) is 13.7 Å². The van der Waals surface area contributed by atoms with Crippen molar-refractivity contribution in [2.45, 2.75) is 52.2 Å². The number of rotatable bonds is 4. The van der Waals surface area contributed by atoms with Crippen molar-refractivity contribution in [3.8, 4) is 0 Å². The zero-order valence-corrected chi connectivity index (χ0v) is 12.3. The number of methoxy groups -OCH3 is 1. The second kappa shape index (κ2) is 4.20. The van der Waals surface area contributed by atoms with E-state index in [0.29, 0.717) is 19.4 Å². The first-order valence-corrected chi connectivity index (χ1v) is 6.74. The van der Waals surface area contributed by atoms with Gasteiger partial charge < -0.3 is 14.8 Å². The molecule has 0 aromatic rings. The number of hydrogen-bond donors (Lipinski definition) is 1. The van der Waals surface area contributed by atoms with Gasteiger partial charge in [0.1, 0.15) is 0 Å². The molecule has 5 heteroatoms. The minimum Gasteiger partial charge on any atom is -0.448 e. The Labute approximate surface area is 114 Å². The summed E-state index contributed by atoms with van der Waals surface area (Å²) in [6.07, 6.45) is 1.29. The molecule has 108 valence electrons. The van der Waals surface area contributed by atoms with Gasteiger partial charge in [0.25, 0.3) is 5.91 Å². The van der Waals surface area contributed by atoms with Gasteiger partial charge >= 0.3 is 5.97 Å². The van der Waals surface area contributed by atoms with Gasteiger partial charge in [-0.2, -0.15) is 0 Å². The van der Waals surface area contributed by atoms with Crippen LogP contribution in [0, 0.1) is 10.8 Å². The van der Waals surface area contributed by atoms with Gasteiger partial charge in [0.15, 0.2) is 5.60 Å². The maximum atomic E-state index is 12.6. The Morgan fingerprint density at radius 3 is 2.47 bits per heavy atom. The summed E-state index contributed by atoms with van der Waals surface area (Å²) in [5.74, 6) is -0.449. The number of nitrogens with one attached hydrogen (secondary N) is 1. The van der Waals surface area contributed by atoms with Crippen LogP contribution in [0.5, 0.6) is 0 Å². The van der Waals surface area contributed by atoms with Crippen LogP contribution in [0.25, 0.3) is 0 Å². The summed E-state index contributed by atoms with van der Waals surface area (Å²) in [7, 11) is 1.59. The normalized spacial score (nSPS) is 37.0. The van der Waals surface area contributed by atoms with Gasteiger partial charge in [-0.05, 0) is 26.7 Å². The molecule has 1 aliphatic heterocycles. The highest BCUT2D eigenvalue weighted by Gasteiger charge is 2.75. The van der Waals surface area contributed by atoms with Crippen molar-refractivity contribution in [3.63, 3.8) is 0 Å². The first-order valence-electron chi connectivity index (χ1n) is 6.74. The largest absolute Gasteiger partial charge is 0.448 e. The fourth-order valence-corrected chi connectivity index (χ4v) is 3.38. The van der Waals surface area contributed by atoms with Crippen LogP contribution < -0.4 is 5.32 Å². The summed E-state index contributed by atoms with van der Waals surface area (Å²) in [6, 6.07) is -0.103. The zero-order valence-electron chi connectivity index (χ0n) is 12.3. The fraction of sp³-hybridized carbons (Fsp3) is 0.857. The SMILES string of the molecule is COC[C@@H](C)NC(=O)[C@@]12CC[C@](C)(C(=O)O1)C2(C)C. The number of carbonyl (C=O) groups excluding carboxylic acids is 2. The highest BCUT2D eigenvalue weighted by molar-refractivity contribution is 5.96. The summed E-state index contributed by atoms with van der Waals surface area (Å²) in [4.78, 5) is 24.6. The van der Waals surface area contributed by atoms with E-state index in [1.54, 1.807) is 7.11 Å². The number of fused-ring (bicyclic) bond motifs is 2. The Balaban J connectivity index is 2.24. The number of ether oxygens (including phenoxy) is 2. The van der Waals surface area contributed by atoms with E-state index < -0.39 is 16.4 Å². The van der Waals surface area contributed by atoms with Crippen LogP contribution in [-0.2, 0) is 19.1 Å². The Kier molecular flexibility index (Phi) is 3.16. The second-order valence-electron chi connectivity index (χ2n) is 6.50. The number of carbonyl (C=O) groups is 2. The van der Waals surface area contributed by atoms with Crippen molar-refractivity contribution in [3.05, 3.63) is 0 Å². The third-order valence-corrected chi connectivity index (χ3v) is 5.24. The molecule has 2 fully saturated rings. The van der Waals surface area contributed by atoms with E-state index in [0.717, 1.165) is 0 Å². The van der Waals surface area contributed by atoms with Crippen molar-refractivity contribution in [1.82, 2.24) is 5.32 Å². The van der Waals surface area contributed by atoms with Crippen LogP contribution in [0.2, 0.25) is 0 Å². The lowest BCUT2D eigenvalue weighted by molar-refractivity contribution is -0.168. The lowest BCUT2D eigenvalue weighted by Crippen LogP contribution is -2.55. The van der Waals surface area contributed by atoms with Crippen LogP contribution in [0.1, 0.15) is 40.5 Å². The molecule has 1 saturated heterocycles. The highest BCUT2D eigenvalue weighted by atomic mass is 16.6. The molecule has 2 bridgehead atoms. The Bertz CT molecular complexity index is 420. The maximum Gasteiger partial charge on any atom is 0.313 e.